The van der Waals surface area contributed by atoms with E-state index in [1.807, 2.05) is 63.2 Å². The summed E-state index contributed by atoms with van der Waals surface area (Å²) in [5, 5.41) is 3.09. The zero-order valence-electron chi connectivity index (χ0n) is 19.5. The minimum absolute atomic E-state index is 0.0854. The van der Waals surface area contributed by atoms with Crippen LogP contribution in [0.15, 0.2) is 69.9 Å². The maximum atomic E-state index is 13.0. The van der Waals surface area contributed by atoms with Gasteiger partial charge in [-0.05, 0) is 51.0 Å². The fourth-order valence-electron chi connectivity index (χ4n) is 4.10. The van der Waals surface area contributed by atoms with Crippen molar-refractivity contribution in [2.75, 3.05) is 11.9 Å². The van der Waals surface area contributed by atoms with Gasteiger partial charge in [0.1, 0.15) is 11.3 Å². The third-order valence-corrected chi connectivity index (χ3v) is 5.68. The summed E-state index contributed by atoms with van der Waals surface area (Å²) >= 11 is 0. The minimum atomic E-state index is -0.746. The number of anilines is 1. The van der Waals surface area contributed by atoms with Gasteiger partial charge in [-0.3, -0.25) is 9.59 Å². The molecule has 0 aliphatic heterocycles. The minimum Gasteiger partial charge on any atom is -0.455 e. The second-order valence-electron chi connectivity index (χ2n) is 8.33. The van der Waals surface area contributed by atoms with E-state index < -0.39 is 18.5 Å². The van der Waals surface area contributed by atoms with Crippen molar-refractivity contribution in [2.45, 2.75) is 27.7 Å². The Morgan fingerprint density at radius 3 is 2.26 bits per heavy atom. The van der Waals surface area contributed by atoms with Crippen LogP contribution >= 0.6 is 0 Å². The van der Waals surface area contributed by atoms with E-state index in [4.69, 9.17) is 9.15 Å². The summed E-state index contributed by atoms with van der Waals surface area (Å²) in [6.07, 6.45) is 0. The Hall–Kier alpha value is -4.19. The summed E-state index contributed by atoms with van der Waals surface area (Å²) in [4.78, 5) is 38.3. The molecule has 0 fully saturated rings. The van der Waals surface area contributed by atoms with Crippen molar-refractivity contribution >= 4 is 28.5 Å². The summed E-state index contributed by atoms with van der Waals surface area (Å²) in [5.41, 5.74) is 4.83. The van der Waals surface area contributed by atoms with Gasteiger partial charge in [0.2, 0.25) is 0 Å². The SMILES string of the molecule is Cc1cc(C)c(NC(=O)COC(=O)c2cccc3c(=O)c(C)c(-c4ccccc4)oc23)c(C)c1. The zero-order valence-corrected chi connectivity index (χ0v) is 19.5. The van der Waals surface area contributed by atoms with Crippen molar-refractivity contribution in [1.29, 1.82) is 0 Å². The smallest absolute Gasteiger partial charge is 0.342 e. The molecule has 1 aromatic heterocycles. The first-order valence-electron chi connectivity index (χ1n) is 10.9. The van der Waals surface area contributed by atoms with Crippen LogP contribution in [0.1, 0.15) is 32.6 Å². The molecular formula is C28H25NO5. The number of benzene rings is 3. The summed E-state index contributed by atoms with van der Waals surface area (Å²) < 4.78 is 11.3. The van der Waals surface area contributed by atoms with Crippen molar-refractivity contribution in [3.63, 3.8) is 0 Å². The van der Waals surface area contributed by atoms with Crippen LogP contribution in [0.3, 0.4) is 0 Å². The molecule has 0 aliphatic carbocycles. The third-order valence-electron chi connectivity index (χ3n) is 5.68. The van der Waals surface area contributed by atoms with Gasteiger partial charge in [-0.1, -0.05) is 54.1 Å². The number of ether oxygens (including phenoxy) is 1. The van der Waals surface area contributed by atoms with Gasteiger partial charge in [0, 0.05) is 16.8 Å². The van der Waals surface area contributed by atoms with Crippen molar-refractivity contribution in [3.05, 3.63) is 98.7 Å². The van der Waals surface area contributed by atoms with Crippen LogP contribution < -0.4 is 10.7 Å². The summed E-state index contributed by atoms with van der Waals surface area (Å²) in [6, 6.07) is 17.9. The fourth-order valence-corrected chi connectivity index (χ4v) is 4.10. The maximum absolute atomic E-state index is 13.0. The lowest BCUT2D eigenvalue weighted by molar-refractivity contribution is -0.119. The first-order chi connectivity index (χ1) is 16.3. The normalized spacial score (nSPS) is 10.8. The summed E-state index contributed by atoms with van der Waals surface area (Å²) in [7, 11) is 0. The topological polar surface area (TPSA) is 85.6 Å². The largest absolute Gasteiger partial charge is 0.455 e. The van der Waals surface area contributed by atoms with Crippen LogP contribution in [0, 0.1) is 27.7 Å². The molecule has 0 radical (unpaired) electrons. The van der Waals surface area contributed by atoms with Crippen LogP contribution in [0.2, 0.25) is 0 Å². The molecule has 4 rings (SSSR count). The molecule has 0 bridgehead atoms. The number of aryl methyl sites for hydroxylation is 3. The molecular weight excluding hydrogens is 430 g/mol. The molecule has 4 aromatic rings. The lowest BCUT2D eigenvalue weighted by atomic mass is 10.0. The quantitative estimate of drug-likeness (QED) is 0.402. The lowest BCUT2D eigenvalue weighted by Gasteiger charge is -2.13. The van der Waals surface area contributed by atoms with Crippen LogP contribution in [0.4, 0.5) is 5.69 Å². The highest BCUT2D eigenvalue weighted by atomic mass is 16.5. The van der Waals surface area contributed by atoms with E-state index in [1.165, 1.54) is 6.07 Å². The Balaban J connectivity index is 1.60. The number of esters is 1. The Bertz CT molecular complexity index is 1440. The molecule has 1 amide bonds. The van der Waals surface area contributed by atoms with E-state index >= 15 is 0 Å². The number of carbonyl (C=O) groups excluding carboxylic acids is 2. The summed E-state index contributed by atoms with van der Waals surface area (Å²) in [5.74, 6) is -0.809. The first kappa shape index (κ1) is 23.0. The predicted octanol–water partition coefficient (Wildman–Crippen LogP) is 5.49. The Morgan fingerprint density at radius 1 is 0.912 bits per heavy atom. The molecule has 3 aromatic carbocycles. The highest BCUT2D eigenvalue weighted by molar-refractivity contribution is 6.03. The molecule has 1 heterocycles. The van der Waals surface area contributed by atoms with Gasteiger partial charge in [0.15, 0.2) is 17.6 Å². The van der Waals surface area contributed by atoms with Crippen LogP contribution in [-0.4, -0.2) is 18.5 Å². The number of hydrogen-bond donors (Lipinski definition) is 1. The molecule has 0 saturated carbocycles. The molecule has 6 heteroatoms. The third kappa shape index (κ3) is 4.48. The van der Waals surface area contributed by atoms with E-state index in [9.17, 15) is 14.4 Å². The van der Waals surface area contributed by atoms with E-state index in [0.29, 0.717) is 17.0 Å². The predicted molar refractivity (Wildman–Crippen MR) is 132 cm³/mol. The van der Waals surface area contributed by atoms with Gasteiger partial charge >= 0.3 is 5.97 Å². The molecule has 1 N–H and O–H groups in total. The number of nitrogens with one attached hydrogen (secondary N) is 1. The van der Waals surface area contributed by atoms with Gasteiger partial charge in [0.05, 0.1) is 5.39 Å². The standard InChI is InChI=1S/C28H25NO5/c1-16-13-17(2)24(18(3)14-16)29-23(30)15-33-28(32)22-12-8-11-21-25(31)19(4)26(34-27(21)22)20-9-6-5-7-10-20/h5-14H,15H2,1-4H3,(H,29,30). The first-order valence-corrected chi connectivity index (χ1v) is 10.9. The molecule has 172 valence electrons. The van der Waals surface area contributed by atoms with Crippen molar-refractivity contribution in [1.82, 2.24) is 0 Å². The number of carbonyl (C=O) groups is 2. The lowest BCUT2D eigenvalue weighted by Crippen LogP contribution is -2.22. The van der Waals surface area contributed by atoms with Crippen LogP contribution in [0.25, 0.3) is 22.3 Å². The van der Waals surface area contributed by atoms with Gasteiger partial charge in [0.25, 0.3) is 5.91 Å². The molecule has 0 saturated heterocycles. The highest BCUT2D eigenvalue weighted by Gasteiger charge is 2.20. The van der Waals surface area contributed by atoms with E-state index in [0.717, 1.165) is 22.3 Å². The van der Waals surface area contributed by atoms with E-state index in [-0.39, 0.29) is 22.0 Å². The van der Waals surface area contributed by atoms with Gasteiger partial charge in [-0.15, -0.1) is 0 Å². The number of hydrogen-bond acceptors (Lipinski definition) is 5. The second kappa shape index (κ2) is 9.35. The average Bonchev–Trinajstić information content (AvgIpc) is 2.82. The number of amides is 1. The molecule has 0 spiro atoms. The van der Waals surface area contributed by atoms with Crippen LogP contribution in [-0.2, 0) is 9.53 Å². The van der Waals surface area contributed by atoms with E-state index in [2.05, 4.69) is 5.32 Å². The average molecular weight is 456 g/mol. The Morgan fingerprint density at radius 2 is 1.59 bits per heavy atom. The maximum Gasteiger partial charge on any atom is 0.342 e. The molecule has 0 aliphatic rings. The van der Waals surface area contributed by atoms with Crippen molar-refractivity contribution in [2.24, 2.45) is 0 Å². The molecule has 6 nitrogen and oxygen atoms in total. The number of fused-ring (bicyclic) bond motifs is 1. The van der Waals surface area contributed by atoms with Crippen molar-refractivity contribution < 1.29 is 18.7 Å². The Kier molecular flexibility index (Phi) is 6.32. The molecule has 0 atom stereocenters. The van der Waals surface area contributed by atoms with Crippen molar-refractivity contribution in [3.8, 4) is 11.3 Å². The van der Waals surface area contributed by atoms with Gasteiger partial charge in [-0.2, -0.15) is 0 Å². The molecule has 0 unspecified atom stereocenters. The Labute approximate surface area is 197 Å². The second-order valence-corrected chi connectivity index (χ2v) is 8.33. The van der Waals surface area contributed by atoms with Gasteiger partial charge < -0.3 is 14.5 Å². The highest BCUT2D eigenvalue weighted by Crippen LogP contribution is 2.27. The number of para-hydroxylation sites is 1. The number of rotatable bonds is 5. The van der Waals surface area contributed by atoms with Gasteiger partial charge in [-0.25, -0.2) is 4.79 Å². The fraction of sp³-hybridized carbons (Fsp3) is 0.179. The van der Waals surface area contributed by atoms with Crippen LogP contribution in [0.5, 0.6) is 0 Å². The summed E-state index contributed by atoms with van der Waals surface area (Å²) in [6.45, 7) is 7.03. The molecule has 34 heavy (non-hydrogen) atoms. The zero-order chi connectivity index (χ0) is 24.4. The van der Waals surface area contributed by atoms with E-state index in [1.54, 1.807) is 19.1 Å². The monoisotopic (exact) mass is 455 g/mol.